The summed E-state index contributed by atoms with van der Waals surface area (Å²) in [6.45, 7) is 14.2. The molecule has 1 amide bonds. The summed E-state index contributed by atoms with van der Waals surface area (Å²) in [5.74, 6) is 0.914. The lowest BCUT2D eigenvalue weighted by Gasteiger charge is -2.37. The van der Waals surface area contributed by atoms with Crippen molar-refractivity contribution in [1.82, 2.24) is 15.1 Å². The summed E-state index contributed by atoms with van der Waals surface area (Å²) in [6, 6.07) is 0.344. The SMILES string of the molecule is CCC(=O)N[C@H]1C[C@H](OCCN2CCN(CC(C)C)CC2)C1. The number of rotatable bonds is 8. The van der Waals surface area contributed by atoms with Gasteiger partial charge in [-0.05, 0) is 18.8 Å². The second-order valence-corrected chi connectivity index (χ2v) is 7.12. The highest BCUT2D eigenvalue weighted by Gasteiger charge is 2.30. The van der Waals surface area contributed by atoms with Gasteiger partial charge in [-0.25, -0.2) is 0 Å². The maximum absolute atomic E-state index is 11.3. The number of carbonyl (C=O) groups excluding carboxylic acids is 1. The summed E-state index contributed by atoms with van der Waals surface area (Å²) in [6.07, 6.45) is 2.89. The summed E-state index contributed by atoms with van der Waals surface area (Å²) >= 11 is 0. The number of hydrogen-bond acceptors (Lipinski definition) is 4. The van der Waals surface area contributed by atoms with Crippen molar-refractivity contribution < 1.29 is 9.53 Å². The number of nitrogens with zero attached hydrogens (tertiary/aromatic N) is 2. The summed E-state index contributed by atoms with van der Waals surface area (Å²) in [5, 5.41) is 3.02. The minimum absolute atomic E-state index is 0.155. The Morgan fingerprint density at radius 3 is 2.41 bits per heavy atom. The highest BCUT2D eigenvalue weighted by molar-refractivity contribution is 5.75. The number of hydrogen-bond donors (Lipinski definition) is 1. The van der Waals surface area contributed by atoms with E-state index in [9.17, 15) is 4.79 Å². The van der Waals surface area contributed by atoms with Crippen molar-refractivity contribution in [3.8, 4) is 0 Å². The molecule has 128 valence electrons. The monoisotopic (exact) mass is 311 g/mol. The lowest BCUT2D eigenvalue weighted by molar-refractivity contribution is -0.123. The van der Waals surface area contributed by atoms with Crippen LogP contribution in [0, 0.1) is 5.92 Å². The number of nitrogens with one attached hydrogen (secondary N) is 1. The van der Waals surface area contributed by atoms with Gasteiger partial charge in [0.1, 0.15) is 0 Å². The Balaban J connectivity index is 1.48. The summed E-state index contributed by atoms with van der Waals surface area (Å²) in [4.78, 5) is 16.3. The zero-order chi connectivity index (χ0) is 15.9. The van der Waals surface area contributed by atoms with Crippen LogP contribution in [0.25, 0.3) is 0 Å². The highest BCUT2D eigenvalue weighted by Crippen LogP contribution is 2.23. The molecule has 1 saturated heterocycles. The Morgan fingerprint density at radius 1 is 1.18 bits per heavy atom. The van der Waals surface area contributed by atoms with Gasteiger partial charge < -0.3 is 15.0 Å². The molecular formula is C17H33N3O2. The van der Waals surface area contributed by atoms with Gasteiger partial charge in [-0.2, -0.15) is 0 Å². The summed E-state index contributed by atoms with van der Waals surface area (Å²) < 4.78 is 5.91. The van der Waals surface area contributed by atoms with E-state index >= 15 is 0 Å². The Bertz CT molecular complexity index is 335. The van der Waals surface area contributed by atoms with Gasteiger partial charge in [0, 0.05) is 51.7 Å². The van der Waals surface area contributed by atoms with Gasteiger partial charge in [-0.3, -0.25) is 9.69 Å². The van der Waals surface area contributed by atoms with Crippen LogP contribution in [-0.2, 0) is 9.53 Å². The van der Waals surface area contributed by atoms with Crippen LogP contribution in [0.4, 0.5) is 0 Å². The fourth-order valence-electron chi connectivity index (χ4n) is 3.21. The van der Waals surface area contributed by atoms with Gasteiger partial charge in [0.25, 0.3) is 0 Å². The zero-order valence-electron chi connectivity index (χ0n) is 14.5. The van der Waals surface area contributed by atoms with Gasteiger partial charge in [0.15, 0.2) is 0 Å². The van der Waals surface area contributed by atoms with Crippen molar-refractivity contribution in [3.63, 3.8) is 0 Å². The van der Waals surface area contributed by atoms with Crippen molar-refractivity contribution >= 4 is 5.91 Å². The lowest BCUT2D eigenvalue weighted by atomic mass is 9.89. The molecule has 2 fully saturated rings. The fourth-order valence-corrected chi connectivity index (χ4v) is 3.21. The van der Waals surface area contributed by atoms with Crippen LogP contribution in [-0.4, -0.2) is 73.7 Å². The Labute approximate surface area is 135 Å². The van der Waals surface area contributed by atoms with Gasteiger partial charge in [-0.1, -0.05) is 20.8 Å². The summed E-state index contributed by atoms with van der Waals surface area (Å²) in [5.41, 5.74) is 0. The number of piperazine rings is 1. The normalized spacial score (nSPS) is 26.9. The molecule has 22 heavy (non-hydrogen) atoms. The van der Waals surface area contributed by atoms with Gasteiger partial charge >= 0.3 is 0 Å². The van der Waals surface area contributed by atoms with E-state index in [4.69, 9.17) is 4.74 Å². The van der Waals surface area contributed by atoms with E-state index in [1.165, 1.54) is 19.6 Å². The maximum atomic E-state index is 11.3. The van der Waals surface area contributed by atoms with E-state index in [1.54, 1.807) is 0 Å². The third kappa shape index (κ3) is 5.86. The zero-order valence-corrected chi connectivity index (χ0v) is 14.5. The van der Waals surface area contributed by atoms with E-state index in [0.717, 1.165) is 45.0 Å². The number of ether oxygens (including phenoxy) is 1. The molecule has 0 spiro atoms. The van der Waals surface area contributed by atoms with E-state index in [0.29, 0.717) is 18.6 Å². The largest absolute Gasteiger partial charge is 0.377 e. The first-order valence-electron chi connectivity index (χ1n) is 8.92. The molecule has 0 bridgehead atoms. The molecule has 5 nitrogen and oxygen atoms in total. The third-order valence-electron chi connectivity index (χ3n) is 4.63. The van der Waals surface area contributed by atoms with Crippen molar-refractivity contribution in [2.45, 2.75) is 52.2 Å². The Kier molecular flexibility index (Phi) is 7.12. The molecule has 0 atom stereocenters. The average molecular weight is 311 g/mol. The molecule has 1 heterocycles. The molecule has 1 N–H and O–H groups in total. The molecule has 1 saturated carbocycles. The molecule has 1 aliphatic heterocycles. The molecule has 0 unspecified atom stereocenters. The molecule has 0 aromatic rings. The third-order valence-corrected chi connectivity index (χ3v) is 4.63. The van der Waals surface area contributed by atoms with Crippen LogP contribution in [0.3, 0.4) is 0 Å². The number of amides is 1. The maximum Gasteiger partial charge on any atom is 0.219 e. The minimum atomic E-state index is 0.155. The highest BCUT2D eigenvalue weighted by atomic mass is 16.5. The van der Waals surface area contributed by atoms with Crippen LogP contribution in [0.1, 0.15) is 40.0 Å². The summed E-state index contributed by atoms with van der Waals surface area (Å²) in [7, 11) is 0. The van der Waals surface area contributed by atoms with E-state index in [-0.39, 0.29) is 5.91 Å². The Hall–Kier alpha value is -0.650. The van der Waals surface area contributed by atoms with Crippen LogP contribution < -0.4 is 5.32 Å². The van der Waals surface area contributed by atoms with E-state index in [1.807, 2.05) is 6.92 Å². The molecule has 5 heteroatoms. The van der Waals surface area contributed by atoms with Gasteiger partial charge in [0.2, 0.25) is 5.91 Å². The second-order valence-electron chi connectivity index (χ2n) is 7.12. The first-order valence-corrected chi connectivity index (χ1v) is 8.92. The standard InChI is InChI=1S/C17H33N3O2/c1-4-17(21)18-15-11-16(12-15)22-10-9-19-5-7-20(8-6-19)13-14(2)3/h14-16H,4-13H2,1-3H3,(H,18,21)/t15-,16-. The molecule has 0 radical (unpaired) electrons. The second kappa shape index (κ2) is 8.85. The molecular weight excluding hydrogens is 278 g/mol. The minimum Gasteiger partial charge on any atom is -0.377 e. The molecule has 1 aliphatic carbocycles. The van der Waals surface area contributed by atoms with Crippen molar-refractivity contribution in [3.05, 3.63) is 0 Å². The topological polar surface area (TPSA) is 44.8 Å². The Morgan fingerprint density at radius 2 is 1.82 bits per heavy atom. The van der Waals surface area contributed by atoms with E-state index in [2.05, 4.69) is 29.0 Å². The predicted molar refractivity (Wildman–Crippen MR) is 88.9 cm³/mol. The van der Waals surface area contributed by atoms with Crippen LogP contribution in [0.5, 0.6) is 0 Å². The predicted octanol–water partition coefficient (Wildman–Crippen LogP) is 1.33. The van der Waals surface area contributed by atoms with Gasteiger partial charge in [0.05, 0.1) is 12.7 Å². The van der Waals surface area contributed by atoms with Crippen molar-refractivity contribution in [2.24, 2.45) is 5.92 Å². The first-order chi connectivity index (χ1) is 10.6. The van der Waals surface area contributed by atoms with Crippen molar-refractivity contribution in [1.29, 1.82) is 0 Å². The average Bonchev–Trinajstić information content (AvgIpc) is 2.45. The van der Waals surface area contributed by atoms with Crippen LogP contribution >= 0.6 is 0 Å². The number of carbonyl (C=O) groups is 1. The molecule has 0 aromatic heterocycles. The van der Waals surface area contributed by atoms with Crippen LogP contribution in [0.2, 0.25) is 0 Å². The fraction of sp³-hybridized carbons (Fsp3) is 0.941. The first kappa shape index (κ1) is 17.7. The van der Waals surface area contributed by atoms with Crippen LogP contribution in [0.15, 0.2) is 0 Å². The smallest absolute Gasteiger partial charge is 0.219 e. The van der Waals surface area contributed by atoms with Gasteiger partial charge in [-0.15, -0.1) is 0 Å². The quantitative estimate of drug-likeness (QED) is 0.735. The lowest BCUT2D eigenvalue weighted by Crippen LogP contribution is -2.50. The van der Waals surface area contributed by atoms with Crippen molar-refractivity contribution in [2.75, 3.05) is 45.9 Å². The molecule has 2 aliphatic rings. The molecule has 0 aromatic carbocycles. The van der Waals surface area contributed by atoms with E-state index < -0.39 is 0 Å². The molecule has 2 rings (SSSR count).